The summed E-state index contributed by atoms with van der Waals surface area (Å²) in [7, 11) is -0.743. The molecule has 0 aliphatic rings. The maximum atomic E-state index is 12.7. The monoisotopic (exact) mass is 374 g/mol. The minimum atomic E-state index is -3.75. The molecule has 1 aromatic heterocycles. The Hall–Kier alpha value is -1.45. The number of aryl methyl sites for hydroxylation is 1. The van der Waals surface area contributed by atoms with E-state index in [1.54, 1.807) is 19.1 Å². The van der Waals surface area contributed by atoms with Crippen LogP contribution in [-0.2, 0) is 17.1 Å². The van der Waals surface area contributed by atoms with E-state index in [-0.39, 0.29) is 15.4 Å². The van der Waals surface area contributed by atoms with E-state index < -0.39 is 16.1 Å². The number of hydrogen-bond donors (Lipinski definition) is 1. The first kappa shape index (κ1) is 15.9. The molecule has 0 spiro atoms. The number of phenols is 1. The molecule has 21 heavy (non-hydrogen) atoms. The van der Waals surface area contributed by atoms with Crippen LogP contribution in [0.2, 0.25) is 0 Å². The van der Waals surface area contributed by atoms with Crippen molar-refractivity contribution in [2.24, 2.45) is 7.05 Å². The summed E-state index contributed by atoms with van der Waals surface area (Å²) >= 11 is 3.10. The maximum Gasteiger partial charge on any atom is 0.263 e. The third-order valence-electron chi connectivity index (χ3n) is 3.28. The summed E-state index contributed by atoms with van der Waals surface area (Å²) in [6.07, 6.45) is 0. The Balaban J connectivity index is 2.38. The Morgan fingerprint density at radius 1 is 1.33 bits per heavy atom. The van der Waals surface area contributed by atoms with Crippen molar-refractivity contribution in [2.45, 2.75) is 18.0 Å². The van der Waals surface area contributed by atoms with Crippen molar-refractivity contribution >= 4 is 26.0 Å². The van der Waals surface area contributed by atoms with Crippen molar-refractivity contribution in [3.05, 3.63) is 34.4 Å². The molecule has 0 aliphatic carbocycles. The average Bonchev–Trinajstić information content (AvgIpc) is 2.78. The predicted molar refractivity (Wildman–Crippen MR) is 80.2 cm³/mol. The molecule has 2 rings (SSSR count). The zero-order chi connectivity index (χ0) is 15.8. The molecular weight excluding hydrogens is 360 g/mol. The Labute approximate surface area is 131 Å². The normalized spacial score (nSPS) is 13.6. The lowest BCUT2D eigenvalue weighted by molar-refractivity contribution is 0.392. The van der Waals surface area contributed by atoms with Gasteiger partial charge in [0.05, 0.1) is 0 Å². The highest BCUT2D eigenvalue weighted by atomic mass is 79.9. The molecule has 1 heterocycles. The van der Waals surface area contributed by atoms with Crippen LogP contribution in [-0.4, -0.2) is 39.9 Å². The van der Waals surface area contributed by atoms with Crippen LogP contribution in [0.15, 0.2) is 33.9 Å². The fourth-order valence-electron chi connectivity index (χ4n) is 1.90. The van der Waals surface area contributed by atoms with Crippen molar-refractivity contribution in [3.63, 3.8) is 0 Å². The van der Waals surface area contributed by atoms with Gasteiger partial charge in [0.2, 0.25) is 5.03 Å². The summed E-state index contributed by atoms with van der Waals surface area (Å²) in [5, 5.41) is 16.7. The summed E-state index contributed by atoms with van der Waals surface area (Å²) in [4.78, 5) is 0. The summed E-state index contributed by atoms with van der Waals surface area (Å²) in [6.45, 7) is 1.77. The van der Waals surface area contributed by atoms with E-state index in [0.29, 0.717) is 0 Å². The third kappa shape index (κ3) is 2.94. The molecule has 0 fully saturated rings. The molecule has 0 bridgehead atoms. The van der Waals surface area contributed by atoms with Crippen LogP contribution >= 0.6 is 15.9 Å². The van der Waals surface area contributed by atoms with Crippen molar-refractivity contribution < 1.29 is 13.5 Å². The maximum absolute atomic E-state index is 12.7. The molecule has 1 N–H and O–H groups in total. The first-order valence-electron chi connectivity index (χ1n) is 6.07. The fraction of sp³-hybridized carbons (Fsp3) is 0.333. The van der Waals surface area contributed by atoms with Gasteiger partial charge in [0.1, 0.15) is 5.75 Å². The molecule has 1 atom stereocenters. The van der Waals surface area contributed by atoms with E-state index in [0.717, 1.165) is 5.56 Å². The molecule has 1 aromatic carbocycles. The Bertz CT molecular complexity index is 723. The Morgan fingerprint density at radius 2 is 1.90 bits per heavy atom. The lowest BCUT2D eigenvalue weighted by Gasteiger charge is -2.24. The molecule has 2 aromatic rings. The Kier molecular flexibility index (Phi) is 4.35. The molecule has 0 amide bonds. The van der Waals surface area contributed by atoms with Gasteiger partial charge in [0.25, 0.3) is 10.0 Å². The minimum Gasteiger partial charge on any atom is -0.508 e. The van der Waals surface area contributed by atoms with Gasteiger partial charge in [-0.3, -0.25) is 0 Å². The molecule has 0 radical (unpaired) electrons. The zero-order valence-corrected chi connectivity index (χ0v) is 14.1. The van der Waals surface area contributed by atoms with Gasteiger partial charge in [-0.15, -0.1) is 5.10 Å². The number of halogens is 1. The summed E-state index contributed by atoms with van der Waals surface area (Å²) < 4.78 is 27.9. The van der Waals surface area contributed by atoms with Gasteiger partial charge in [0.15, 0.2) is 4.60 Å². The fourth-order valence-corrected chi connectivity index (χ4v) is 4.28. The van der Waals surface area contributed by atoms with Gasteiger partial charge in [-0.25, -0.2) is 13.1 Å². The number of aromatic hydroxyl groups is 1. The summed E-state index contributed by atoms with van der Waals surface area (Å²) in [5.41, 5.74) is 0.769. The first-order valence-corrected chi connectivity index (χ1v) is 8.30. The minimum absolute atomic E-state index is 0.00405. The highest BCUT2D eigenvalue weighted by Crippen LogP contribution is 2.28. The number of rotatable bonds is 4. The molecule has 0 saturated carbocycles. The second-order valence-corrected chi connectivity index (χ2v) is 7.26. The van der Waals surface area contributed by atoms with Crippen LogP contribution in [0.3, 0.4) is 0 Å². The van der Waals surface area contributed by atoms with Crippen LogP contribution in [0.1, 0.15) is 18.5 Å². The van der Waals surface area contributed by atoms with Gasteiger partial charge < -0.3 is 5.11 Å². The average molecular weight is 375 g/mol. The highest BCUT2D eigenvalue weighted by Gasteiger charge is 2.31. The molecule has 0 aliphatic heterocycles. The van der Waals surface area contributed by atoms with Crippen LogP contribution in [0.5, 0.6) is 5.75 Å². The standard InChI is InChI=1S/C12H15BrN4O3S/c1-8(9-4-6-10(18)7-5-9)17(3)21(19,20)12-11(13)14-15-16(12)2/h4-8,18H,1-3H3. The molecular formula is C12H15BrN4O3S. The van der Waals surface area contributed by atoms with E-state index in [2.05, 4.69) is 26.2 Å². The second-order valence-electron chi connectivity index (χ2n) is 4.60. The molecule has 7 nitrogen and oxygen atoms in total. The zero-order valence-electron chi connectivity index (χ0n) is 11.7. The number of hydrogen-bond acceptors (Lipinski definition) is 5. The van der Waals surface area contributed by atoms with E-state index in [9.17, 15) is 13.5 Å². The van der Waals surface area contributed by atoms with E-state index >= 15 is 0 Å². The lowest BCUT2D eigenvalue weighted by Crippen LogP contribution is -2.31. The first-order chi connectivity index (χ1) is 9.75. The largest absolute Gasteiger partial charge is 0.508 e. The SMILES string of the molecule is CC(c1ccc(O)cc1)N(C)S(=O)(=O)c1c(Br)nnn1C. The number of sulfonamides is 1. The number of aromatic nitrogens is 3. The van der Waals surface area contributed by atoms with Gasteiger partial charge in [-0.05, 0) is 40.5 Å². The smallest absolute Gasteiger partial charge is 0.263 e. The third-order valence-corrected chi connectivity index (χ3v) is 6.10. The summed E-state index contributed by atoms with van der Waals surface area (Å²) in [6, 6.07) is 6.00. The van der Waals surface area contributed by atoms with Crippen molar-refractivity contribution in [2.75, 3.05) is 7.05 Å². The summed E-state index contributed by atoms with van der Waals surface area (Å²) in [5.74, 6) is 0.134. The quantitative estimate of drug-likeness (QED) is 0.878. The topological polar surface area (TPSA) is 88.3 Å². The van der Waals surface area contributed by atoms with Crippen molar-refractivity contribution in [3.8, 4) is 5.75 Å². The van der Waals surface area contributed by atoms with Gasteiger partial charge in [-0.2, -0.15) is 4.31 Å². The van der Waals surface area contributed by atoms with Gasteiger partial charge in [-0.1, -0.05) is 17.3 Å². The Morgan fingerprint density at radius 3 is 2.38 bits per heavy atom. The van der Waals surface area contributed by atoms with Crippen LogP contribution in [0, 0.1) is 0 Å². The highest BCUT2D eigenvalue weighted by molar-refractivity contribution is 9.10. The predicted octanol–water partition coefficient (Wildman–Crippen LogP) is 1.66. The molecule has 114 valence electrons. The van der Waals surface area contributed by atoms with E-state index in [1.807, 2.05) is 0 Å². The number of phenolic OH excluding ortho intramolecular Hbond substituents is 1. The second kappa shape index (κ2) is 5.74. The van der Waals surface area contributed by atoms with Gasteiger partial charge >= 0.3 is 0 Å². The van der Waals surface area contributed by atoms with Crippen LogP contribution in [0.25, 0.3) is 0 Å². The van der Waals surface area contributed by atoms with E-state index in [4.69, 9.17) is 0 Å². The number of benzene rings is 1. The molecule has 1 unspecified atom stereocenters. The van der Waals surface area contributed by atoms with E-state index in [1.165, 1.54) is 35.2 Å². The molecule has 0 saturated heterocycles. The van der Waals surface area contributed by atoms with Crippen LogP contribution < -0.4 is 0 Å². The van der Waals surface area contributed by atoms with Crippen molar-refractivity contribution in [1.29, 1.82) is 0 Å². The van der Waals surface area contributed by atoms with Gasteiger partial charge in [0, 0.05) is 20.1 Å². The van der Waals surface area contributed by atoms with Crippen LogP contribution in [0.4, 0.5) is 0 Å². The number of nitrogens with zero attached hydrogens (tertiary/aromatic N) is 4. The lowest BCUT2D eigenvalue weighted by atomic mass is 10.1. The molecule has 9 heteroatoms. The van der Waals surface area contributed by atoms with Crippen molar-refractivity contribution in [1.82, 2.24) is 19.3 Å².